The van der Waals surface area contributed by atoms with Crippen molar-refractivity contribution in [2.75, 3.05) is 38.2 Å². The molecule has 0 bridgehead atoms. The van der Waals surface area contributed by atoms with E-state index in [0.29, 0.717) is 28.9 Å². The smallest absolute Gasteiger partial charge is 0.247 e. The molecule has 0 fully saturated rings. The fourth-order valence-corrected chi connectivity index (χ4v) is 5.32. The van der Waals surface area contributed by atoms with Crippen molar-refractivity contribution < 1.29 is 9.47 Å². The molecule has 1 atom stereocenters. The number of benzene rings is 4. The van der Waals surface area contributed by atoms with Gasteiger partial charge in [0.2, 0.25) is 5.95 Å². The average molecular weight is 564 g/mol. The predicted octanol–water partition coefficient (Wildman–Crippen LogP) is 7.39. The van der Waals surface area contributed by atoms with Gasteiger partial charge in [-0.3, -0.25) is 0 Å². The standard InChI is InChI=1S/C33H30ClN5O2/c1-38(2)25-14-10-21(11-15-25)29-20-28(23-12-17-30(40-3)31(18-23)41-4)37-39(29)33-35-27-16-13-24(34)19-26(27)32(36-33)22-8-6-5-7-9-22/h5-19,29H,20H2,1-4H3/t29-/m0/s1. The van der Waals surface area contributed by atoms with E-state index >= 15 is 0 Å². The van der Waals surface area contributed by atoms with Crippen molar-refractivity contribution in [2.24, 2.45) is 5.10 Å². The topological polar surface area (TPSA) is 63.1 Å². The Kier molecular flexibility index (Phi) is 7.20. The Hall–Kier alpha value is -4.62. The average Bonchev–Trinajstić information content (AvgIpc) is 3.46. The number of anilines is 2. The molecule has 6 rings (SSSR count). The van der Waals surface area contributed by atoms with Gasteiger partial charge in [-0.2, -0.15) is 5.10 Å². The zero-order valence-corrected chi connectivity index (χ0v) is 24.1. The number of methoxy groups -OCH3 is 2. The summed E-state index contributed by atoms with van der Waals surface area (Å²) in [6, 6.07) is 30.1. The zero-order valence-electron chi connectivity index (χ0n) is 23.4. The van der Waals surface area contributed by atoms with Gasteiger partial charge in [-0.15, -0.1) is 0 Å². The zero-order chi connectivity index (χ0) is 28.5. The van der Waals surface area contributed by atoms with Crippen LogP contribution in [0.5, 0.6) is 11.5 Å². The number of hydrazone groups is 1. The highest BCUT2D eigenvalue weighted by molar-refractivity contribution is 6.31. The van der Waals surface area contributed by atoms with E-state index in [-0.39, 0.29) is 6.04 Å². The molecular weight excluding hydrogens is 534 g/mol. The predicted molar refractivity (Wildman–Crippen MR) is 167 cm³/mol. The molecule has 1 aliphatic heterocycles. The molecule has 0 aliphatic carbocycles. The van der Waals surface area contributed by atoms with Crippen LogP contribution in [0.2, 0.25) is 5.02 Å². The molecule has 0 radical (unpaired) electrons. The molecule has 0 saturated carbocycles. The number of aromatic nitrogens is 2. The molecule has 1 aliphatic rings. The molecule has 206 valence electrons. The molecule has 8 heteroatoms. The SMILES string of the molecule is COc1ccc(C2=NN(c3nc(-c4ccccc4)c4cc(Cl)ccc4n3)[C@H](c3ccc(N(C)C)cc3)C2)cc1OC. The fraction of sp³-hybridized carbons (Fsp3) is 0.182. The van der Waals surface area contributed by atoms with Crippen molar-refractivity contribution in [3.8, 4) is 22.8 Å². The number of ether oxygens (including phenoxy) is 2. The number of fused-ring (bicyclic) bond motifs is 1. The second kappa shape index (κ2) is 11.1. The van der Waals surface area contributed by atoms with E-state index in [1.807, 2.05) is 85.8 Å². The van der Waals surface area contributed by atoms with Crippen molar-refractivity contribution in [3.63, 3.8) is 0 Å². The number of nitrogens with zero attached hydrogens (tertiary/aromatic N) is 5. The number of hydrogen-bond acceptors (Lipinski definition) is 7. The third kappa shape index (κ3) is 5.16. The van der Waals surface area contributed by atoms with Gasteiger partial charge in [0.15, 0.2) is 11.5 Å². The second-order valence-corrected chi connectivity index (χ2v) is 10.5. The van der Waals surface area contributed by atoms with Crippen molar-refractivity contribution in [1.29, 1.82) is 0 Å². The highest BCUT2D eigenvalue weighted by Crippen LogP contribution is 2.39. The van der Waals surface area contributed by atoms with Crippen LogP contribution >= 0.6 is 11.6 Å². The van der Waals surface area contributed by atoms with Gasteiger partial charge >= 0.3 is 0 Å². The minimum atomic E-state index is -0.109. The van der Waals surface area contributed by atoms with Crippen LogP contribution in [0.3, 0.4) is 0 Å². The first kappa shape index (κ1) is 26.6. The molecule has 4 aromatic carbocycles. The third-order valence-corrected chi connectivity index (χ3v) is 7.55. The maximum atomic E-state index is 6.41. The van der Waals surface area contributed by atoms with Crippen molar-refractivity contribution in [1.82, 2.24) is 9.97 Å². The van der Waals surface area contributed by atoms with E-state index in [9.17, 15) is 0 Å². The van der Waals surface area contributed by atoms with Gasteiger partial charge in [-0.05, 0) is 54.1 Å². The van der Waals surface area contributed by atoms with E-state index in [2.05, 4.69) is 29.2 Å². The highest BCUT2D eigenvalue weighted by atomic mass is 35.5. The minimum Gasteiger partial charge on any atom is -0.493 e. The van der Waals surface area contributed by atoms with E-state index in [1.165, 1.54) is 0 Å². The van der Waals surface area contributed by atoms with Gasteiger partial charge in [-0.1, -0.05) is 54.1 Å². The Morgan fingerprint density at radius 1 is 0.805 bits per heavy atom. The maximum absolute atomic E-state index is 6.41. The van der Waals surface area contributed by atoms with Crippen LogP contribution in [0.4, 0.5) is 11.6 Å². The van der Waals surface area contributed by atoms with E-state index in [4.69, 9.17) is 36.1 Å². The van der Waals surface area contributed by atoms with Crippen LogP contribution in [0.15, 0.2) is 96.1 Å². The molecule has 7 nitrogen and oxygen atoms in total. The van der Waals surface area contributed by atoms with Crippen LogP contribution in [0.25, 0.3) is 22.2 Å². The Labute approximate surface area is 244 Å². The lowest BCUT2D eigenvalue weighted by Crippen LogP contribution is -2.21. The molecule has 0 saturated heterocycles. The summed E-state index contributed by atoms with van der Waals surface area (Å²) in [6.07, 6.45) is 0.666. The third-order valence-electron chi connectivity index (χ3n) is 7.32. The van der Waals surface area contributed by atoms with E-state index in [0.717, 1.165) is 44.7 Å². The monoisotopic (exact) mass is 563 g/mol. The highest BCUT2D eigenvalue weighted by Gasteiger charge is 2.33. The quantitative estimate of drug-likeness (QED) is 0.206. The van der Waals surface area contributed by atoms with Crippen LogP contribution in [-0.4, -0.2) is 44.0 Å². The lowest BCUT2D eigenvalue weighted by Gasteiger charge is -2.23. The first-order chi connectivity index (χ1) is 19.9. The molecule has 41 heavy (non-hydrogen) atoms. The summed E-state index contributed by atoms with van der Waals surface area (Å²) in [5.74, 6) is 1.85. The molecule has 0 spiro atoms. The fourth-order valence-electron chi connectivity index (χ4n) is 5.15. The summed E-state index contributed by atoms with van der Waals surface area (Å²) in [5, 5.41) is 8.60. The van der Waals surface area contributed by atoms with E-state index in [1.54, 1.807) is 14.2 Å². The van der Waals surface area contributed by atoms with Gasteiger partial charge in [0.25, 0.3) is 0 Å². The normalized spacial score (nSPS) is 14.7. The summed E-state index contributed by atoms with van der Waals surface area (Å²) in [4.78, 5) is 12.2. The minimum absolute atomic E-state index is 0.109. The van der Waals surface area contributed by atoms with Crippen LogP contribution < -0.4 is 19.4 Å². The molecule has 0 N–H and O–H groups in total. The number of halogens is 1. The van der Waals surface area contributed by atoms with Gasteiger partial charge < -0.3 is 14.4 Å². The van der Waals surface area contributed by atoms with Crippen LogP contribution in [-0.2, 0) is 0 Å². The second-order valence-electron chi connectivity index (χ2n) is 10.1. The van der Waals surface area contributed by atoms with Gasteiger partial charge in [-0.25, -0.2) is 15.0 Å². The summed E-state index contributed by atoms with van der Waals surface area (Å²) in [6.45, 7) is 0. The number of hydrogen-bond donors (Lipinski definition) is 0. The van der Waals surface area contributed by atoms with Gasteiger partial charge in [0.05, 0.1) is 37.2 Å². The Morgan fingerprint density at radius 2 is 1.56 bits per heavy atom. The molecule has 0 amide bonds. The van der Waals surface area contributed by atoms with Crippen LogP contribution in [0, 0.1) is 0 Å². The summed E-state index contributed by atoms with van der Waals surface area (Å²) < 4.78 is 11.0. The van der Waals surface area contributed by atoms with Crippen molar-refractivity contribution >= 4 is 39.9 Å². The van der Waals surface area contributed by atoms with Crippen molar-refractivity contribution in [2.45, 2.75) is 12.5 Å². The summed E-state index contributed by atoms with van der Waals surface area (Å²) in [5.41, 5.74) is 6.71. The molecular formula is C33H30ClN5O2. The van der Waals surface area contributed by atoms with Crippen LogP contribution in [0.1, 0.15) is 23.6 Å². The van der Waals surface area contributed by atoms with Gasteiger partial charge in [0.1, 0.15) is 0 Å². The first-order valence-corrected chi connectivity index (χ1v) is 13.7. The maximum Gasteiger partial charge on any atom is 0.247 e. The largest absolute Gasteiger partial charge is 0.493 e. The van der Waals surface area contributed by atoms with Gasteiger partial charge in [0, 0.05) is 47.7 Å². The van der Waals surface area contributed by atoms with Crippen molar-refractivity contribution in [3.05, 3.63) is 107 Å². The first-order valence-electron chi connectivity index (χ1n) is 13.3. The Morgan fingerprint density at radius 3 is 2.27 bits per heavy atom. The Bertz CT molecular complexity index is 1740. The lowest BCUT2D eigenvalue weighted by atomic mass is 9.98. The molecule has 5 aromatic rings. The lowest BCUT2D eigenvalue weighted by molar-refractivity contribution is 0.355. The molecule has 1 aromatic heterocycles. The van der Waals surface area contributed by atoms with E-state index < -0.39 is 0 Å². The Balaban J connectivity index is 1.51. The molecule has 2 heterocycles. The molecule has 0 unspecified atom stereocenters. The summed E-state index contributed by atoms with van der Waals surface area (Å²) >= 11 is 6.41. The number of rotatable bonds is 7. The summed E-state index contributed by atoms with van der Waals surface area (Å²) in [7, 11) is 7.35.